The minimum Gasteiger partial charge on any atom is -0.264 e. The summed E-state index contributed by atoms with van der Waals surface area (Å²) in [5, 5.41) is 0. The van der Waals surface area contributed by atoms with Gasteiger partial charge in [0.15, 0.2) is 0 Å². The van der Waals surface area contributed by atoms with Gasteiger partial charge in [0, 0.05) is 35.6 Å². The summed E-state index contributed by atoms with van der Waals surface area (Å²) in [5.74, 6) is 0. The SMILES string of the molecule is O=S(=O)(O)O.O=S(=O)(O)O.[La]. The van der Waals surface area contributed by atoms with Crippen molar-refractivity contribution in [1.29, 1.82) is 0 Å². The molecule has 0 heterocycles. The smallest absolute Gasteiger partial charge is 0.264 e. The van der Waals surface area contributed by atoms with Gasteiger partial charge in [-0.15, -0.1) is 0 Å². The number of rotatable bonds is 0. The third kappa shape index (κ3) is 999. The van der Waals surface area contributed by atoms with Crippen LogP contribution in [0.1, 0.15) is 0 Å². The Labute approximate surface area is 90.7 Å². The first-order valence-corrected chi connectivity index (χ1v) is 4.19. The van der Waals surface area contributed by atoms with E-state index in [4.69, 9.17) is 35.0 Å². The second kappa shape index (κ2) is 6.45. The van der Waals surface area contributed by atoms with Gasteiger partial charge in [0.1, 0.15) is 0 Å². The Morgan fingerprint density at radius 2 is 0.636 bits per heavy atom. The molecule has 0 saturated heterocycles. The summed E-state index contributed by atoms with van der Waals surface area (Å²) in [4.78, 5) is 0. The standard InChI is InChI=1S/La.2H2O4S/c;2*1-5(2,3)4/h;2*(H2,1,2,3,4). The van der Waals surface area contributed by atoms with E-state index in [-0.39, 0.29) is 35.6 Å². The van der Waals surface area contributed by atoms with Gasteiger partial charge < -0.3 is 0 Å². The molecule has 0 aromatic carbocycles. The van der Waals surface area contributed by atoms with Crippen LogP contribution in [0.25, 0.3) is 0 Å². The van der Waals surface area contributed by atoms with E-state index in [1.165, 1.54) is 0 Å². The molecule has 0 saturated carbocycles. The zero-order valence-electron chi connectivity index (χ0n) is 4.82. The third-order valence-electron chi connectivity index (χ3n) is 0. The molecule has 0 aliphatic rings. The number of hydrogen-bond donors (Lipinski definition) is 4. The van der Waals surface area contributed by atoms with Crippen molar-refractivity contribution >= 4 is 20.8 Å². The third-order valence-corrected chi connectivity index (χ3v) is 0. The van der Waals surface area contributed by atoms with Crippen LogP contribution in [-0.2, 0) is 20.8 Å². The van der Waals surface area contributed by atoms with Gasteiger partial charge in [-0.3, -0.25) is 18.2 Å². The Kier molecular flexibility index (Phi) is 10.5. The summed E-state index contributed by atoms with van der Waals surface area (Å²) in [7, 11) is -9.33. The first-order chi connectivity index (χ1) is 4.00. The van der Waals surface area contributed by atoms with Gasteiger partial charge in [0.25, 0.3) is 0 Å². The van der Waals surface area contributed by atoms with E-state index in [0.717, 1.165) is 0 Å². The average Bonchev–Trinajstić information content (AvgIpc) is 1.12. The fourth-order valence-corrected chi connectivity index (χ4v) is 0. The summed E-state index contributed by atoms with van der Waals surface area (Å²) < 4.78 is 63.2. The van der Waals surface area contributed by atoms with Crippen molar-refractivity contribution in [3.05, 3.63) is 0 Å². The van der Waals surface area contributed by atoms with Gasteiger partial charge in [-0.2, -0.15) is 16.8 Å². The molecule has 0 bridgehead atoms. The summed E-state index contributed by atoms with van der Waals surface area (Å²) in [6, 6.07) is 0. The van der Waals surface area contributed by atoms with Gasteiger partial charge in [-0.1, -0.05) is 0 Å². The largest absolute Gasteiger partial charge is 0.394 e. The minimum atomic E-state index is -4.67. The summed E-state index contributed by atoms with van der Waals surface area (Å²) in [6.45, 7) is 0. The fraction of sp³-hybridized carbons (Fsp3) is 0. The average molecular weight is 335 g/mol. The Bertz CT molecular complexity index is 208. The molecule has 0 unspecified atom stereocenters. The predicted molar refractivity (Wildman–Crippen MR) is 28.4 cm³/mol. The van der Waals surface area contributed by atoms with Crippen molar-refractivity contribution in [3.8, 4) is 0 Å². The minimum absolute atomic E-state index is 0. The first kappa shape index (κ1) is 17.9. The molecule has 0 aromatic rings. The Morgan fingerprint density at radius 1 is 0.636 bits per heavy atom. The van der Waals surface area contributed by atoms with Crippen molar-refractivity contribution in [1.82, 2.24) is 0 Å². The molecule has 0 aliphatic heterocycles. The van der Waals surface area contributed by atoms with Crippen LogP contribution in [0.3, 0.4) is 0 Å². The van der Waals surface area contributed by atoms with Crippen LogP contribution in [0.2, 0.25) is 0 Å². The molecule has 67 valence electrons. The zero-order chi connectivity index (χ0) is 9.00. The molecule has 0 amide bonds. The molecule has 8 nitrogen and oxygen atoms in total. The molecular formula is H4LaO8S2. The fourth-order valence-electron chi connectivity index (χ4n) is 0. The van der Waals surface area contributed by atoms with Crippen molar-refractivity contribution in [2.75, 3.05) is 0 Å². The van der Waals surface area contributed by atoms with Gasteiger partial charge in [0.05, 0.1) is 0 Å². The second-order valence-corrected chi connectivity index (χ2v) is 2.69. The Morgan fingerprint density at radius 3 is 0.636 bits per heavy atom. The molecule has 0 aliphatic carbocycles. The Balaban J connectivity index is -0.000000107. The first-order valence-electron chi connectivity index (χ1n) is 1.40. The van der Waals surface area contributed by atoms with Crippen LogP contribution in [0.4, 0.5) is 0 Å². The second-order valence-electron chi connectivity index (χ2n) is 0.896. The van der Waals surface area contributed by atoms with Crippen LogP contribution in [0, 0.1) is 35.6 Å². The van der Waals surface area contributed by atoms with E-state index >= 15 is 0 Å². The molecule has 11 heavy (non-hydrogen) atoms. The van der Waals surface area contributed by atoms with E-state index in [1.807, 2.05) is 0 Å². The van der Waals surface area contributed by atoms with Gasteiger partial charge in [-0.25, -0.2) is 0 Å². The van der Waals surface area contributed by atoms with Crippen LogP contribution < -0.4 is 0 Å². The molecule has 0 fully saturated rings. The molecule has 11 heteroatoms. The van der Waals surface area contributed by atoms with Crippen molar-refractivity contribution < 1.29 is 70.6 Å². The van der Waals surface area contributed by atoms with Gasteiger partial charge in [-0.05, 0) is 0 Å². The molecule has 1 radical (unpaired) electrons. The quantitative estimate of drug-likeness (QED) is 0.399. The van der Waals surface area contributed by atoms with E-state index in [0.29, 0.717) is 0 Å². The van der Waals surface area contributed by atoms with Crippen molar-refractivity contribution in [2.24, 2.45) is 0 Å². The van der Waals surface area contributed by atoms with E-state index < -0.39 is 20.8 Å². The van der Waals surface area contributed by atoms with Crippen LogP contribution in [0.15, 0.2) is 0 Å². The van der Waals surface area contributed by atoms with Gasteiger partial charge in [0.2, 0.25) is 0 Å². The van der Waals surface area contributed by atoms with E-state index in [9.17, 15) is 0 Å². The maximum atomic E-state index is 8.74. The molecule has 0 aromatic heterocycles. The van der Waals surface area contributed by atoms with Crippen LogP contribution in [-0.4, -0.2) is 35.0 Å². The van der Waals surface area contributed by atoms with Crippen LogP contribution in [0.5, 0.6) is 0 Å². The summed E-state index contributed by atoms with van der Waals surface area (Å²) in [6.07, 6.45) is 0. The molecule has 0 atom stereocenters. The maximum Gasteiger partial charge on any atom is 0.394 e. The summed E-state index contributed by atoms with van der Waals surface area (Å²) in [5.41, 5.74) is 0. The molecule has 0 spiro atoms. The monoisotopic (exact) mass is 335 g/mol. The molecular weight excluding hydrogens is 331 g/mol. The van der Waals surface area contributed by atoms with Gasteiger partial charge >= 0.3 is 20.8 Å². The predicted octanol–water partition coefficient (Wildman–Crippen LogP) is -1.31. The van der Waals surface area contributed by atoms with E-state index in [1.54, 1.807) is 0 Å². The molecule has 4 N–H and O–H groups in total. The zero-order valence-corrected chi connectivity index (χ0v) is 10.1. The van der Waals surface area contributed by atoms with Crippen molar-refractivity contribution in [2.45, 2.75) is 0 Å². The van der Waals surface area contributed by atoms with Crippen molar-refractivity contribution in [3.63, 3.8) is 0 Å². The number of hydrogen-bond acceptors (Lipinski definition) is 4. The Hall–Kier alpha value is 0.935. The molecule has 0 rings (SSSR count). The maximum absolute atomic E-state index is 8.74. The summed E-state index contributed by atoms with van der Waals surface area (Å²) >= 11 is 0. The van der Waals surface area contributed by atoms with Crippen LogP contribution >= 0.6 is 0 Å². The normalized spacial score (nSPS) is 10.5. The van der Waals surface area contributed by atoms with E-state index in [2.05, 4.69) is 0 Å². The topological polar surface area (TPSA) is 149 Å².